The lowest BCUT2D eigenvalue weighted by Gasteiger charge is -2.10. The summed E-state index contributed by atoms with van der Waals surface area (Å²) in [5.74, 6) is -0.120. The molecule has 1 atom stereocenters. The topological polar surface area (TPSA) is 105 Å². The van der Waals surface area contributed by atoms with Crippen LogP contribution in [0.5, 0.6) is 0 Å². The van der Waals surface area contributed by atoms with Gasteiger partial charge in [0.05, 0.1) is 28.7 Å². The Bertz CT molecular complexity index is 944. The van der Waals surface area contributed by atoms with Crippen molar-refractivity contribution in [2.45, 2.75) is 33.2 Å². The second-order valence-corrected chi connectivity index (χ2v) is 7.72. The number of oxazole rings is 1. The van der Waals surface area contributed by atoms with Gasteiger partial charge in [-0.15, -0.1) is 22.7 Å². The van der Waals surface area contributed by atoms with Crippen LogP contribution in [-0.2, 0) is 11.2 Å². The number of rotatable bonds is 6. The maximum atomic E-state index is 12.3. The molecule has 9 heteroatoms. The van der Waals surface area contributed by atoms with Crippen molar-refractivity contribution in [2.24, 2.45) is 0 Å². The van der Waals surface area contributed by atoms with Gasteiger partial charge in [-0.3, -0.25) is 4.79 Å². The minimum atomic E-state index is -1.01. The molecule has 26 heavy (non-hydrogen) atoms. The number of hydrogen-bond acceptors (Lipinski definition) is 7. The Hall–Kier alpha value is -2.52. The van der Waals surface area contributed by atoms with Gasteiger partial charge in [0.1, 0.15) is 15.6 Å². The molecule has 0 spiro atoms. The van der Waals surface area contributed by atoms with Crippen molar-refractivity contribution in [1.82, 2.24) is 15.3 Å². The fourth-order valence-corrected chi connectivity index (χ4v) is 3.96. The summed E-state index contributed by atoms with van der Waals surface area (Å²) >= 11 is 2.59. The summed E-state index contributed by atoms with van der Waals surface area (Å²) in [5, 5.41) is 14.4. The van der Waals surface area contributed by atoms with Gasteiger partial charge in [-0.05, 0) is 32.2 Å². The number of nitrogens with zero attached hydrogens (tertiary/aromatic N) is 2. The number of aryl methyl sites for hydroxylation is 2. The van der Waals surface area contributed by atoms with Crippen LogP contribution in [0.25, 0.3) is 10.8 Å². The fourth-order valence-electron chi connectivity index (χ4n) is 2.40. The number of thiazole rings is 1. The van der Waals surface area contributed by atoms with E-state index in [2.05, 4.69) is 15.3 Å². The van der Waals surface area contributed by atoms with E-state index in [1.54, 1.807) is 20.8 Å². The van der Waals surface area contributed by atoms with Gasteiger partial charge < -0.3 is 14.8 Å². The van der Waals surface area contributed by atoms with Gasteiger partial charge in [0, 0.05) is 0 Å². The number of amides is 1. The molecule has 0 aliphatic heterocycles. The summed E-state index contributed by atoms with van der Waals surface area (Å²) in [6.07, 6.45) is 0.0845. The number of carbonyl (C=O) groups excluding carboxylic acids is 1. The maximum absolute atomic E-state index is 12.3. The van der Waals surface area contributed by atoms with Crippen LogP contribution in [0.1, 0.15) is 44.8 Å². The van der Waals surface area contributed by atoms with Gasteiger partial charge in [0.25, 0.3) is 0 Å². The van der Waals surface area contributed by atoms with E-state index in [0.29, 0.717) is 28.0 Å². The van der Waals surface area contributed by atoms with Crippen molar-refractivity contribution in [3.63, 3.8) is 0 Å². The number of aromatic nitrogens is 2. The van der Waals surface area contributed by atoms with Crippen molar-refractivity contribution in [3.05, 3.63) is 44.5 Å². The minimum Gasteiger partial charge on any atom is -0.477 e. The van der Waals surface area contributed by atoms with Gasteiger partial charge in [0.15, 0.2) is 0 Å². The Morgan fingerprint density at radius 2 is 2.12 bits per heavy atom. The highest BCUT2D eigenvalue weighted by Gasteiger charge is 2.21. The third-order valence-electron chi connectivity index (χ3n) is 3.71. The Labute approximate surface area is 157 Å². The van der Waals surface area contributed by atoms with Gasteiger partial charge in [0.2, 0.25) is 11.8 Å². The quantitative estimate of drug-likeness (QED) is 0.665. The number of aromatic carboxylic acids is 1. The Balaban J connectivity index is 1.67. The molecule has 3 heterocycles. The molecule has 3 aromatic heterocycles. The van der Waals surface area contributed by atoms with Crippen LogP contribution in [0, 0.1) is 13.8 Å². The Kier molecular flexibility index (Phi) is 5.19. The van der Waals surface area contributed by atoms with Crippen LogP contribution < -0.4 is 5.32 Å². The van der Waals surface area contributed by atoms with E-state index in [4.69, 9.17) is 9.52 Å². The monoisotopic (exact) mass is 391 g/mol. The third kappa shape index (κ3) is 3.83. The summed E-state index contributed by atoms with van der Waals surface area (Å²) < 4.78 is 5.64. The van der Waals surface area contributed by atoms with Gasteiger partial charge in [-0.25, -0.2) is 14.8 Å². The molecule has 0 aliphatic carbocycles. The third-order valence-corrected chi connectivity index (χ3v) is 5.89. The lowest BCUT2D eigenvalue weighted by molar-refractivity contribution is -0.121. The standard InChI is InChI=1S/C17H17N3O4S2/c1-8-14(17(22)23)26-16(19-8)9(2)18-13(21)7-11-10(3)24-15(20-11)12-5-4-6-25-12/h4-6,9H,7H2,1-3H3,(H,18,21)(H,22,23). The molecule has 136 valence electrons. The van der Waals surface area contributed by atoms with Gasteiger partial charge in [-0.2, -0.15) is 0 Å². The average molecular weight is 391 g/mol. The molecule has 0 radical (unpaired) electrons. The largest absolute Gasteiger partial charge is 0.477 e. The Morgan fingerprint density at radius 1 is 1.35 bits per heavy atom. The van der Waals surface area contributed by atoms with Crippen LogP contribution in [0.2, 0.25) is 0 Å². The molecule has 0 saturated heterocycles. The molecule has 0 aromatic carbocycles. The van der Waals surface area contributed by atoms with E-state index >= 15 is 0 Å². The molecule has 0 fully saturated rings. The van der Waals surface area contributed by atoms with E-state index in [0.717, 1.165) is 16.2 Å². The van der Waals surface area contributed by atoms with Crippen molar-refractivity contribution >= 4 is 34.6 Å². The van der Waals surface area contributed by atoms with Crippen molar-refractivity contribution in [2.75, 3.05) is 0 Å². The number of thiophene rings is 1. The van der Waals surface area contributed by atoms with E-state index in [1.807, 2.05) is 17.5 Å². The second-order valence-electron chi connectivity index (χ2n) is 5.74. The minimum absolute atomic E-state index is 0.0845. The molecule has 0 aliphatic rings. The first-order valence-electron chi connectivity index (χ1n) is 7.85. The van der Waals surface area contributed by atoms with Crippen molar-refractivity contribution < 1.29 is 19.1 Å². The molecule has 1 unspecified atom stereocenters. The van der Waals surface area contributed by atoms with E-state index < -0.39 is 5.97 Å². The number of carboxylic acids is 1. The molecule has 2 N–H and O–H groups in total. The molecule has 3 aromatic rings. The van der Waals surface area contributed by atoms with E-state index in [-0.39, 0.29) is 23.2 Å². The molecule has 0 bridgehead atoms. The average Bonchev–Trinajstić information content (AvgIpc) is 3.27. The second kappa shape index (κ2) is 7.38. The van der Waals surface area contributed by atoms with Crippen LogP contribution in [-0.4, -0.2) is 27.0 Å². The predicted octanol–water partition coefficient (Wildman–Crippen LogP) is 3.59. The molecule has 1 amide bonds. The summed E-state index contributed by atoms with van der Waals surface area (Å²) in [5.41, 5.74) is 1.03. The highest BCUT2D eigenvalue weighted by atomic mass is 32.1. The summed E-state index contributed by atoms with van der Waals surface area (Å²) in [7, 11) is 0. The summed E-state index contributed by atoms with van der Waals surface area (Å²) in [6.45, 7) is 5.19. The number of hydrogen-bond donors (Lipinski definition) is 2. The molecular formula is C17H17N3O4S2. The smallest absolute Gasteiger partial charge is 0.347 e. The first-order chi connectivity index (χ1) is 12.3. The van der Waals surface area contributed by atoms with Crippen LogP contribution in [0.4, 0.5) is 0 Å². The zero-order valence-electron chi connectivity index (χ0n) is 14.4. The predicted molar refractivity (Wildman–Crippen MR) is 98.6 cm³/mol. The van der Waals surface area contributed by atoms with E-state index in [9.17, 15) is 9.59 Å². The highest BCUT2D eigenvalue weighted by Crippen LogP contribution is 2.26. The zero-order valence-corrected chi connectivity index (χ0v) is 16.0. The van der Waals surface area contributed by atoms with Gasteiger partial charge >= 0.3 is 5.97 Å². The lowest BCUT2D eigenvalue weighted by atomic mass is 10.2. The lowest BCUT2D eigenvalue weighted by Crippen LogP contribution is -2.28. The maximum Gasteiger partial charge on any atom is 0.347 e. The molecule has 7 nitrogen and oxygen atoms in total. The van der Waals surface area contributed by atoms with E-state index in [1.165, 1.54) is 11.3 Å². The van der Waals surface area contributed by atoms with Crippen molar-refractivity contribution in [3.8, 4) is 10.8 Å². The van der Waals surface area contributed by atoms with Crippen LogP contribution >= 0.6 is 22.7 Å². The first kappa shape index (κ1) is 18.3. The number of carbonyl (C=O) groups is 2. The number of carboxylic acid groups (broad SMARTS) is 1. The zero-order chi connectivity index (χ0) is 18.8. The molecular weight excluding hydrogens is 374 g/mol. The van der Waals surface area contributed by atoms with Crippen molar-refractivity contribution in [1.29, 1.82) is 0 Å². The van der Waals surface area contributed by atoms with Crippen LogP contribution in [0.3, 0.4) is 0 Å². The first-order valence-corrected chi connectivity index (χ1v) is 9.55. The summed E-state index contributed by atoms with van der Waals surface area (Å²) in [4.78, 5) is 33.2. The number of nitrogens with one attached hydrogen (secondary N) is 1. The highest BCUT2D eigenvalue weighted by molar-refractivity contribution is 7.14. The SMILES string of the molecule is Cc1nc(C(C)NC(=O)Cc2nc(-c3cccs3)oc2C)sc1C(=O)O. The normalized spacial score (nSPS) is 12.1. The van der Waals surface area contributed by atoms with Gasteiger partial charge in [-0.1, -0.05) is 6.07 Å². The summed E-state index contributed by atoms with van der Waals surface area (Å²) in [6, 6.07) is 3.44. The fraction of sp³-hybridized carbons (Fsp3) is 0.294. The molecule has 0 saturated carbocycles. The van der Waals surface area contributed by atoms with Crippen LogP contribution in [0.15, 0.2) is 21.9 Å². The molecule has 3 rings (SSSR count). The Morgan fingerprint density at radius 3 is 2.73 bits per heavy atom.